The van der Waals surface area contributed by atoms with Crippen molar-refractivity contribution in [3.63, 3.8) is 0 Å². The lowest BCUT2D eigenvalue weighted by molar-refractivity contribution is -0.142. The summed E-state index contributed by atoms with van der Waals surface area (Å²) in [6.07, 6.45) is 2.15. The smallest absolute Gasteiger partial charge is 0.343 e. The zero-order chi connectivity index (χ0) is 18.7. The van der Waals surface area contributed by atoms with Crippen molar-refractivity contribution in [2.75, 3.05) is 33.4 Å². The molecule has 142 valence electrons. The summed E-state index contributed by atoms with van der Waals surface area (Å²) in [6.45, 7) is 3.55. The number of fused-ring (bicyclic) bond motifs is 1. The first-order chi connectivity index (χ1) is 12.5. The van der Waals surface area contributed by atoms with Gasteiger partial charge in [0.25, 0.3) is 5.91 Å². The third kappa shape index (κ3) is 3.77. The Balaban J connectivity index is 1.72. The Bertz CT molecular complexity index is 678. The van der Waals surface area contributed by atoms with Crippen molar-refractivity contribution >= 4 is 11.9 Å². The monoisotopic (exact) mass is 362 g/mol. The van der Waals surface area contributed by atoms with E-state index >= 15 is 0 Å². The van der Waals surface area contributed by atoms with E-state index in [1.54, 1.807) is 18.2 Å². The minimum absolute atomic E-state index is 0.0212. The van der Waals surface area contributed by atoms with Crippen molar-refractivity contribution < 1.29 is 23.8 Å². The van der Waals surface area contributed by atoms with Gasteiger partial charge in [-0.2, -0.15) is 0 Å². The summed E-state index contributed by atoms with van der Waals surface area (Å²) in [7, 11) is 1.30. The summed E-state index contributed by atoms with van der Waals surface area (Å²) in [6, 6.07) is 5.23. The van der Waals surface area contributed by atoms with Gasteiger partial charge in [0, 0.05) is 24.7 Å². The van der Waals surface area contributed by atoms with Gasteiger partial charge in [-0.05, 0) is 49.8 Å². The van der Waals surface area contributed by atoms with Crippen LogP contribution in [0.15, 0.2) is 18.2 Å². The number of carbonyl (C=O) groups is 2. The van der Waals surface area contributed by atoms with Crippen molar-refractivity contribution in [3.05, 3.63) is 23.8 Å². The SMILES string of the molecule is CCOc1cc(C(=O)N2CC3CCC(N)C3C2)ccc1OCC(=O)OC. The van der Waals surface area contributed by atoms with Crippen molar-refractivity contribution in [1.82, 2.24) is 4.90 Å². The number of nitrogens with zero attached hydrogens (tertiary/aromatic N) is 1. The molecule has 1 saturated carbocycles. The second-order valence-corrected chi connectivity index (χ2v) is 6.83. The van der Waals surface area contributed by atoms with Gasteiger partial charge in [-0.1, -0.05) is 0 Å². The van der Waals surface area contributed by atoms with E-state index in [0.29, 0.717) is 35.5 Å². The van der Waals surface area contributed by atoms with Crippen LogP contribution >= 0.6 is 0 Å². The number of hydrogen-bond donors (Lipinski definition) is 1. The molecule has 2 fully saturated rings. The van der Waals surface area contributed by atoms with Crippen LogP contribution < -0.4 is 15.2 Å². The second kappa shape index (κ2) is 7.95. The molecule has 2 N–H and O–H groups in total. The van der Waals surface area contributed by atoms with Crippen LogP contribution in [0.25, 0.3) is 0 Å². The number of carbonyl (C=O) groups excluding carboxylic acids is 2. The Morgan fingerprint density at radius 2 is 2.00 bits per heavy atom. The molecule has 2 aliphatic rings. The molecule has 0 aromatic heterocycles. The number of amides is 1. The van der Waals surface area contributed by atoms with Crippen molar-refractivity contribution in [3.8, 4) is 11.5 Å². The van der Waals surface area contributed by atoms with Crippen molar-refractivity contribution in [1.29, 1.82) is 0 Å². The summed E-state index contributed by atoms with van der Waals surface area (Å²) in [4.78, 5) is 26.0. The zero-order valence-electron chi connectivity index (χ0n) is 15.3. The van der Waals surface area contributed by atoms with E-state index in [4.69, 9.17) is 15.2 Å². The van der Waals surface area contributed by atoms with Crippen LogP contribution in [0.2, 0.25) is 0 Å². The molecule has 3 unspecified atom stereocenters. The maximum atomic E-state index is 12.9. The number of rotatable bonds is 6. The van der Waals surface area contributed by atoms with Gasteiger partial charge < -0.3 is 24.8 Å². The summed E-state index contributed by atoms with van der Waals surface area (Å²) in [5, 5.41) is 0. The van der Waals surface area contributed by atoms with Crippen LogP contribution in [0.5, 0.6) is 11.5 Å². The van der Waals surface area contributed by atoms with Gasteiger partial charge in [-0.25, -0.2) is 4.79 Å². The number of likely N-dealkylation sites (tertiary alicyclic amines) is 1. The summed E-state index contributed by atoms with van der Waals surface area (Å²) >= 11 is 0. The van der Waals surface area contributed by atoms with Gasteiger partial charge in [0.05, 0.1) is 13.7 Å². The number of esters is 1. The Hall–Kier alpha value is -2.28. The molecule has 1 aliphatic carbocycles. The third-order valence-electron chi connectivity index (χ3n) is 5.26. The van der Waals surface area contributed by atoms with Gasteiger partial charge >= 0.3 is 5.97 Å². The maximum absolute atomic E-state index is 12.9. The predicted molar refractivity (Wildman–Crippen MR) is 95.2 cm³/mol. The molecule has 0 spiro atoms. The summed E-state index contributed by atoms with van der Waals surface area (Å²) in [5.41, 5.74) is 6.71. The molecule has 1 heterocycles. The molecule has 1 aromatic rings. The number of hydrogen-bond acceptors (Lipinski definition) is 6. The molecule has 1 amide bonds. The van der Waals surface area contributed by atoms with E-state index in [1.807, 2.05) is 11.8 Å². The fourth-order valence-electron chi connectivity index (χ4n) is 3.88. The minimum Gasteiger partial charge on any atom is -0.490 e. The Morgan fingerprint density at radius 3 is 2.69 bits per heavy atom. The first-order valence-corrected chi connectivity index (χ1v) is 9.04. The highest BCUT2D eigenvalue weighted by atomic mass is 16.6. The van der Waals surface area contributed by atoms with Gasteiger partial charge in [0.2, 0.25) is 0 Å². The topological polar surface area (TPSA) is 91.1 Å². The molecule has 0 bridgehead atoms. The first kappa shape index (κ1) is 18.5. The van der Waals surface area contributed by atoms with Crippen LogP contribution in [0.3, 0.4) is 0 Å². The van der Waals surface area contributed by atoms with Gasteiger partial charge in [-0.3, -0.25) is 4.79 Å². The molecule has 1 aromatic carbocycles. The number of ether oxygens (including phenoxy) is 3. The Kier molecular flexibility index (Phi) is 5.66. The van der Waals surface area contributed by atoms with Crippen molar-refractivity contribution in [2.45, 2.75) is 25.8 Å². The predicted octanol–water partition coefficient (Wildman–Crippen LogP) is 1.45. The molecule has 7 heteroatoms. The van der Waals surface area contributed by atoms with Crippen LogP contribution in [0, 0.1) is 11.8 Å². The van der Waals surface area contributed by atoms with Gasteiger partial charge in [0.1, 0.15) is 0 Å². The average Bonchev–Trinajstić information content (AvgIpc) is 3.22. The molecular formula is C19H26N2O5. The van der Waals surface area contributed by atoms with Crippen LogP contribution in [-0.2, 0) is 9.53 Å². The van der Waals surface area contributed by atoms with Crippen LogP contribution in [-0.4, -0.2) is 56.2 Å². The largest absolute Gasteiger partial charge is 0.490 e. The van der Waals surface area contributed by atoms with Gasteiger partial charge in [0.15, 0.2) is 18.1 Å². The zero-order valence-corrected chi connectivity index (χ0v) is 15.3. The quantitative estimate of drug-likeness (QED) is 0.770. The van der Waals surface area contributed by atoms with E-state index in [2.05, 4.69) is 4.74 Å². The molecule has 3 rings (SSSR count). The second-order valence-electron chi connectivity index (χ2n) is 6.83. The fraction of sp³-hybridized carbons (Fsp3) is 0.579. The average molecular weight is 362 g/mol. The molecule has 1 aliphatic heterocycles. The standard InChI is InChI=1S/C19H26N2O5/c1-3-25-17-8-12(5-7-16(17)26-11-18(22)24-2)19(23)21-9-13-4-6-15(20)14(13)10-21/h5,7-8,13-15H,3-4,6,9-11,20H2,1-2H3. The molecule has 3 atom stereocenters. The van der Waals surface area contributed by atoms with E-state index in [-0.39, 0.29) is 18.6 Å². The molecular weight excluding hydrogens is 336 g/mol. The third-order valence-corrected chi connectivity index (χ3v) is 5.26. The van der Waals surface area contributed by atoms with Crippen LogP contribution in [0.4, 0.5) is 0 Å². The normalized spacial score (nSPS) is 24.3. The van der Waals surface area contributed by atoms with Crippen molar-refractivity contribution in [2.24, 2.45) is 17.6 Å². The minimum atomic E-state index is -0.479. The number of benzene rings is 1. The fourth-order valence-corrected chi connectivity index (χ4v) is 3.88. The number of methoxy groups -OCH3 is 1. The number of nitrogens with two attached hydrogens (primary N) is 1. The highest BCUT2D eigenvalue weighted by Crippen LogP contribution is 2.38. The van der Waals surface area contributed by atoms with E-state index in [0.717, 1.165) is 25.9 Å². The Morgan fingerprint density at radius 1 is 1.19 bits per heavy atom. The van der Waals surface area contributed by atoms with E-state index in [9.17, 15) is 9.59 Å². The molecule has 7 nitrogen and oxygen atoms in total. The highest BCUT2D eigenvalue weighted by Gasteiger charge is 2.42. The lowest BCUT2D eigenvalue weighted by Gasteiger charge is -2.20. The van der Waals surface area contributed by atoms with Gasteiger partial charge in [-0.15, -0.1) is 0 Å². The lowest BCUT2D eigenvalue weighted by atomic mass is 9.98. The molecule has 1 saturated heterocycles. The summed E-state index contributed by atoms with van der Waals surface area (Å²) < 4.78 is 15.6. The highest BCUT2D eigenvalue weighted by molar-refractivity contribution is 5.95. The Labute approximate surface area is 153 Å². The lowest BCUT2D eigenvalue weighted by Crippen LogP contribution is -2.33. The van der Waals surface area contributed by atoms with E-state index < -0.39 is 5.97 Å². The summed E-state index contributed by atoms with van der Waals surface area (Å²) in [5.74, 6) is 1.28. The molecule has 26 heavy (non-hydrogen) atoms. The maximum Gasteiger partial charge on any atom is 0.343 e. The van der Waals surface area contributed by atoms with Crippen LogP contribution in [0.1, 0.15) is 30.1 Å². The van der Waals surface area contributed by atoms with E-state index in [1.165, 1.54) is 7.11 Å². The molecule has 0 radical (unpaired) electrons. The first-order valence-electron chi connectivity index (χ1n) is 9.04.